The van der Waals surface area contributed by atoms with E-state index in [2.05, 4.69) is 0 Å². The van der Waals surface area contributed by atoms with Crippen molar-refractivity contribution < 1.29 is 14.3 Å². The first-order chi connectivity index (χ1) is 9.76. The monoisotopic (exact) mass is 306 g/mol. The summed E-state index contributed by atoms with van der Waals surface area (Å²) in [6, 6.07) is 11.0. The molecule has 0 radical (unpaired) electrons. The van der Waals surface area contributed by atoms with Crippen molar-refractivity contribution in [3.8, 4) is 11.5 Å². The highest BCUT2D eigenvalue weighted by Crippen LogP contribution is 2.38. The molecule has 5 heteroatoms. The van der Waals surface area contributed by atoms with Gasteiger partial charge in [0.25, 0.3) is 0 Å². The van der Waals surface area contributed by atoms with Gasteiger partial charge < -0.3 is 9.47 Å². The van der Waals surface area contributed by atoms with E-state index >= 15 is 0 Å². The number of rotatable bonds is 3. The lowest BCUT2D eigenvalue weighted by Crippen LogP contribution is -2.15. The summed E-state index contributed by atoms with van der Waals surface area (Å²) in [5.41, 5.74) is 0.581. The van der Waals surface area contributed by atoms with Gasteiger partial charge in [-0.15, -0.1) is 0 Å². The third kappa shape index (κ3) is 2.76. The van der Waals surface area contributed by atoms with Crippen molar-refractivity contribution in [2.24, 2.45) is 0 Å². The van der Waals surface area contributed by atoms with E-state index < -0.39 is 0 Å². The highest BCUT2D eigenvalue weighted by molar-refractivity contribution is 7.99. The number of halogens is 1. The number of hydrogen-bond acceptors (Lipinski definition) is 4. The number of ether oxygens (including phenoxy) is 2. The van der Waals surface area contributed by atoms with Gasteiger partial charge in [-0.05, 0) is 36.4 Å². The van der Waals surface area contributed by atoms with E-state index in [1.165, 1.54) is 11.8 Å². The van der Waals surface area contributed by atoms with Crippen LogP contribution in [0.3, 0.4) is 0 Å². The Hall–Kier alpha value is -1.65. The van der Waals surface area contributed by atoms with Gasteiger partial charge in [-0.25, -0.2) is 0 Å². The van der Waals surface area contributed by atoms with Crippen molar-refractivity contribution in [2.45, 2.75) is 9.79 Å². The number of benzene rings is 2. The number of fused-ring (bicyclic) bond motifs is 1. The summed E-state index contributed by atoms with van der Waals surface area (Å²) in [6.07, 6.45) is 0.812. The molecule has 0 saturated heterocycles. The molecule has 1 aliphatic heterocycles. The summed E-state index contributed by atoms with van der Waals surface area (Å²) in [5.74, 6) is 1.50. The fourth-order valence-electron chi connectivity index (χ4n) is 1.92. The Labute approximate surface area is 125 Å². The molecule has 3 rings (SSSR count). The molecule has 0 bridgehead atoms. The van der Waals surface area contributed by atoms with Gasteiger partial charge in [0.15, 0.2) is 17.8 Å². The summed E-state index contributed by atoms with van der Waals surface area (Å²) in [6.45, 7) is 1.13. The van der Waals surface area contributed by atoms with Crippen molar-refractivity contribution in [3.05, 3.63) is 47.0 Å². The second-order valence-corrected chi connectivity index (χ2v) is 5.76. The van der Waals surface area contributed by atoms with Crippen molar-refractivity contribution in [1.29, 1.82) is 0 Å². The van der Waals surface area contributed by atoms with Gasteiger partial charge in [-0.2, -0.15) is 0 Å². The molecule has 1 heterocycles. The van der Waals surface area contributed by atoms with Crippen LogP contribution in [0.1, 0.15) is 10.4 Å². The Balaban J connectivity index is 1.89. The molecule has 0 aromatic heterocycles. The van der Waals surface area contributed by atoms with E-state index in [-0.39, 0.29) is 0 Å². The first kappa shape index (κ1) is 13.3. The first-order valence-corrected chi connectivity index (χ1v) is 7.28. The van der Waals surface area contributed by atoms with Crippen LogP contribution in [-0.4, -0.2) is 19.5 Å². The SMILES string of the molecule is O=Cc1cc(Cl)ccc1Sc1ccc2c(c1)OCCO2. The molecule has 0 aliphatic carbocycles. The molecular formula is C15H11ClO3S. The fourth-order valence-corrected chi connectivity index (χ4v) is 3.02. The Morgan fingerprint density at radius 3 is 2.65 bits per heavy atom. The van der Waals surface area contributed by atoms with E-state index in [1.54, 1.807) is 12.1 Å². The minimum Gasteiger partial charge on any atom is -0.486 e. The molecule has 2 aromatic carbocycles. The molecule has 0 saturated carbocycles. The molecule has 1 aliphatic rings. The average Bonchev–Trinajstić information content (AvgIpc) is 2.49. The van der Waals surface area contributed by atoms with E-state index in [1.807, 2.05) is 24.3 Å². The molecule has 2 aromatic rings. The highest BCUT2D eigenvalue weighted by Gasteiger charge is 2.13. The maximum atomic E-state index is 11.1. The Morgan fingerprint density at radius 1 is 1.05 bits per heavy atom. The quantitative estimate of drug-likeness (QED) is 0.801. The van der Waals surface area contributed by atoms with Gasteiger partial charge in [0.05, 0.1) is 0 Å². The second-order valence-electron chi connectivity index (χ2n) is 4.21. The summed E-state index contributed by atoms with van der Waals surface area (Å²) in [5, 5.41) is 0.554. The van der Waals surface area contributed by atoms with Crippen molar-refractivity contribution >= 4 is 29.6 Å². The molecule has 0 amide bonds. The van der Waals surface area contributed by atoms with Crippen molar-refractivity contribution in [3.63, 3.8) is 0 Å². The molecule has 102 valence electrons. The van der Waals surface area contributed by atoms with Gasteiger partial charge in [-0.1, -0.05) is 23.4 Å². The third-order valence-corrected chi connectivity index (χ3v) is 4.16. The Morgan fingerprint density at radius 2 is 1.85 bits per heavy atom. The lowest BCUT2D eigenvalue weighted by molar-refractivity contribution is 0.112. The number of carbonyl (C=O) groups excluding carboxylic acids is 1. The van der Waals surface area contributed by atoms with E-state index in [4.69, 9.17) is 21.1 Å². The maximum Gasteiger partial charge on any atom is 0.162 e. The number of carbonyl (C=O) groups is 1. The molecule has 0 atom stereocenters. The predicted octanol–water partition coefficient (Wildman–Crippen LogP) is 4.07. The van der Waals surface area contributed by atoms with Crippen LogP contribution in [-0.2, 0) is 0 Å². The van der Waals surface area contributed by atoms with Crippen molar-refractivity contribution in [2.75, 3.05) is 13.2 Å². The van der Waals surface area contributed by atoms with E-state index in [9.17, 15) is 4.79 Å². The van der Waals surface area contributed by atoms with Crippen LogP contribution in [0.25, 0.3) is 0 Å². The van der Waals surface area contributed by atoms with Crippen LogP contribution in [0.2, 0.25) is 5.02 Å². The Kier molecular flexibility index (Phi) is 3.85. The topological polar surface area (TPSA) is 35.5 Å². The summed E-state index contributed by atoms with van der Waals surface area (Å²) in [7, 11) is 0. The second kappa shape index (κ2) is 5.77. The summed E-state index contributed by atoms with van der Waals surface area (Å²) in [4.78, 5) is 12.9. The maximum absolute atomic E-state index is 11.1. The molecule has 0 unspecified atom stereocenters. The summed E-state index contributed by atoms with van der Waals surface area (Å²) >= 11 is 7.38. The van der Waals surface area contributed by atoms with Crippen LogP contribution in [0.15, 0.2) is 46.2 Å². The van der Waals surface area contributed by atoms with Crippen LogP contribution in [0.4, 0.5) is 0 Å². The lowest BCUT2D eigenvalue weighted by atomic mass is 10.2. The molecule has 0 N–H and O–H groups in total. The fraction of sp³-hybridized carbons (Fsp3) is 0.133. The normalized spacial score (nSPS) is 13.1. The zero-order valence-corrected chi connectivity index (χ0v) is 12.0. The molecule has 20 heavy (non-hydrogen) atoms. The van der Waals surface area contributed by atoms with Crippen LogP contribution in [0.5, 0.6) is 11.5 Å². The molecule has 0 spiro atoms. The van der Waals surface area contributed by atoms with Gasteiger partial charge in [0.2, 0.25) is 0 Å². The minimum absolute atomic E-state index is 0.554. The largest absolute Gasteiger partial charge is 0.486 e. The van der Waals surface area contributed by atoms with Gasteiger partial charge in [0, 0.05) is 20.4 Å². The smallest absolute Gasteiger partial charge is 0.162 e. The van der Waals surface area contributed by atoms with Crippen LogP contribution < -0.4 is 9.47 Å². The zero-order chi connectivity index (χ0) is 13.9. The van der Waals surface area contributed by atoms with Crippen LogP contribution in [0, 0.1) is 0 Å². The van der Waals surface area contributed by atoms with Gasteiger partial charge in [0.1, 0.15) is 13.2 Å². The van der Waals surface area contributed by atoms with Gasteiger partial charge in [-0.3, -0.25) is 4.79 Å². The summed E-state index contributed by atoms with van der Waals surface area (Å²) < 4.78 is 11.0. The standard InChI is InChI=1S/C15H11ClO3S/c16-11-1-4-15(10(7-11)9-17)20-12-2-3-13-14(8-12)19-6-5-18-13/h1-4,7-9H,5-6H2. The first-order valence-electron chi connectivity index (χ1n) is 6.08. The van der Waals surface area contributed by atoms with E-state index in [0.29, 0.717) is 23.8 Å². The third-order valence-electron chi connectivity index (χ3n) is 2.84. The van der Waals surface area contributed by atoms with Crippen molar-refractivity contribution in [1.82, 2.24) is 0 Å². The number of hydrogen-bond donors (Lipinski definition) is 0. The molecular weight excluding hydrogens is 296 g/mol. The molecule has 3 nitrogen and oxygen atoms in total. The minimum atomic E-state index is 0.554. The number of aldehydes is 1. The molecule has 0 fully saturated rings. The Bertz CT molecular complexity index is 658. The van der Waals surface area contributed by atoms with E-state index in [0.717, 1.165) is 27.6 Å². The van der Waals surface area contributed by atoms with Crippen LogP contribution >= 0.6 is 23.4 Å². The lowest BCUT2D eigenvalue weighted by Gasteiger charge is -2.18. The average molecular weight is 307 g/mol. The zero-order valence-electron chi connectivity index (χ0n) is 10.5. The van der Waals surface area contributed by atoms with Gasteiger partial charge >= 0.3 is 0 Å². The predicted molar refractivity (Wildman–Crippen MR) is 78.4 cm³/mol. The highest BCUT2D eigenvalue weighted by atomic mass is 35.5.